The first-order chi connectivity index (χ1) is 3.63. The highest BCUT2D eigenvalue weighted by molar-refractivity contribution is 5.77. The maximum atomic E-state index is 9.74. The van der Waals surface area contributed by atoms with Crippen molar-refractivity contribution in [1.29, 1.82) is 0 Å². The lowest BCUT2D eigenvalue weighted by molar-refractivity contribution is 0.233. The Labute approximate surface area is 67.4 Å². The second kappa shape index (κ2) is 5.44. The van der Waals surface area contributed by atoms with Crippen LogP contribution < -0.4 is 22.3 Å². The fourth-order valence-electron chi connectivity index (χ4n) is 0.123. The molecule has 0 saturated heterocycles. The van der Waals surface area contributed by atoms with Crippen molar-refractivity contribution in [2.24, 2.45) is 11.5 Å². The smallest absolute Gasteiger partial charge is 0.330 e. The van der Waals surface area contributed by atoms with Gasteiger partial charge in [0.05, 0.1) is 0 Å². The number of urea groups is 2. The predicted octanol–water partition coefficient (Wildman–Crippen LogP) is -2.68. The van der Waals surface area contributed by atoms with Gasteiger partial charge in [0.2, 0.25) is 0 Å². The first-order valence-electron chi connectivity index (χ1n) is 1.74. The van der Waals surface area contributed by atoms with Crippen molar-refractivity contribution in [3.8, 4) is 0 Å². The molecule has 0 bridgehead atoms. The van der Waals surface area contributed by atoms with Crippen molar-refractivity contribution in [1.82, 2.24) is 10.9 Å². The van der Waals surface area contributed by atoms with E-state index in [1.165, 1.54) is 0 Å². The minimum absolute atomic E-state index is 0. The van der Waals surface area contributed by atoms with Gasteiger partial charge in [-0.3, -0.25) is 0 Å². The van der Waals surface area contributed by atoms with Gasteiger partial charge >= 0.3 is 35.1 Å². The lowest BCUT2D eigenvalue weighted by Crippen LogP contribution is -2.46. The number of hydrogen-bond donors (Lipinski definition) is 4. The molecule has 0 aliphatic heterocycles. The Morgan fingerprint density at radius 2 is 1.22 bits per heavy atom. The van der Waals surface area contributed by atoms with E-state index in [1.807, 2.05) is 0 Å². The van der Waals surface area contributed by atoms with E-state index in [-0.39, 0.29) is 23.1 Å². The van der Waals surface area contributed by atoms with Gasteiger partial charge < -0.3 is 11.5 Å². The van der Waals surface area contributed by atoms with E-state index < -0.39 is 12.1 Å². The molecule has 6 nitrogen and oxygen atoms in total. The summed E-state index contributed by atoms with van der Waals surface area (Å²) >= 11 is 0. The Balaban J connectivity index is 0. The van der Waals surface area contributed by atoms with Crippen molar-refractivity contribution in [2.45, 2.75) is 0 Å². The van der Waals surface area contributed by atoms with Crippen LogP contribution in [0.3, 0.4) is 0 Å². The van der Waals surface area contributed by atoms with Crippen molar-refractivity contribution >= 4 is 35.1 Å². The van der Waals surface area contributed by atoms with Gasteiger partial charge in [0.1, 0.15) is 0 Å². The third-order valence-electron chi connectivity index (χ3n) is 0.309. The van der Waals surface area contributed by atoms with Crippen LogP contribution in [-0.4, -0.2) is 35.1 Å². The van der Waals surface area contributed by atoms with E-state index in [1.54, 1.807) is 10.9 Å². The average molecular weight is 144 g/mol. The second-order valence-corrected chi connectivity index (χ2v) is 0.979. The number of primary amides is 2. The molecular weight excluding hydrogens is 136 g/mol. The summed E-state index contributed by atoms with van der Waals surface area (Å²) < 4.78 is 0. The van der Waals surface area contributed by atoms with Crippen LogP contribution in [-0.2, 0) is 0 Å². The summed E-state index contributed by atoms with van der Waals surface area (Å²) in [6.07, 6.45) is 0. The largest absolute Gasteiger partial charge is 0.350 e. The molecule has 0 rings (SSSR count). The minimum atomic E-state index is -0.858. The van der Waals surface area contributed by atoms with Gasteiger partial charge in [0, 0.05) is 0 Å². The van der Waals surface area contributed by atoms with Crippen LogP contribution in [0.2, 0.25) is 0 Å². The molecule has 0 spiro atoms. The Morgan fingerprint density at radius 3 is 1.33 bits per heavy atom. The van der Waals surface area contributed by atoms with E-state index in [0.29, 0.717) is 0 Å². The van der Waals surface area contributed by atoms with Crippen LogP contribution in [0.1, 0.15) is 0 Å². The lowest BCUT2D eigenvalue weighted by Gasteiger charge is -1.97. The summed E-state index contributed by atoms with van der Waals surface area (Å²) in [4.78, 5) is 19.5. The number of carbonyl (C=O) groups excluding carboxylic acids is 2. The van der Waals surface area contributed by atoms with Crippen LogP contribution in [0.5, 0.6) is 0 Å². The molecule has 0 aromatic rings. The van der Waals surface area contributed by atoms with Gasteiger partial charge in [-0.15, -0.1) is 0 Å². The second-order valence-electron chi connectivity index (χ2n) is 0.979. The highest BCUT2D eigenvalue weighted by atomic mass is 24.3. The molecule has 50 valence electrons. The monoisotopic (exact) mass is 144 g/mol. The summed E-state index contributed by atoms with van der Waals surface area (Å²) in [5.41, 5.74) is 12.6. The molecule has 0 aliphatic carbocycles. The fraction of sp³-hybridized carbons (Fsp3) is 0. The molecule has 0 aromatic heterocycles. The quantitative estimate of drug-likeness (QED) is 0.219. The first-order valence-corrected chi connectivity index (χ1v) is 1.74. The zero-order valence-corrected chi connectivity index (χ0v) is 3.97. The minimum Gasteiger partial charge on any atom is -0.350 e. The number of hydrazine groups is 1. The van der Waals surface area contributed by atoms with Gasteiger partial charge in [-0.1, -0.05) is 0 Å². The Kier molecular flexibility index (Phi) is 6.74. The van der Waals surface area contributed by atoms with Crippen LogP contribution in [0.25, 0.3) is 0 Å². The summed E-state index contributed by atoms with van der Waals surface area (Å²) in [6, 6.07) is -1.72. The molecule has 0 saturated carbocycles. The third-order valence-corrected chi connectivity index (χ3v) is 0.309. The molecule has 0 unspecified atom stereocenters. The molecule has 9 heavy (non-hydrogen) atoms. The molecule has 0 atom stereocenters. The number of rotatable bonds is 0. The van der Waals surface area contributed by atoms with Crippen LogP contribution in [0, 0.1) is 0 Å². The van der Waals surface area contributed by atoms with Crippen LogP contribution in [0.4, 0.5) is 9.59 Å². The van der Waals surface area contributed by atoms with Crippen molar-refractivity contribution < 1.29 is 9.59 Å². The fourth-order valence-corrected chi connectivity index (χ4v) is 0.123. The zero-order valence-electron chi connectivity index (χ0n) is 3.97. The highest BCUT2D eigenvalue weighted by Crippen LogP contribution is 1.48. The maximum absolute atomic E-state index is 9.74. The Hall–Kier alpha value is -0.694. The van der Waals surface area contributed by atoms with Crippen molar-refractivity contribution in [3.63, 3.8) is 0 Å². The van der Waals surface area contributed by atoms with E-state index >= 15 is 0 Å². The lowest BCUT2D eigenvalue weighted by atomic mass is 11.1. The van der Waals surface area contributed by atoms with Crippen LogP contribution in [0.15, 0.2) is 0 Å². The maximum Gasteiger partial charge on any atom is 0.330 e. The number of amides is 4. The molecule has 0 heterocycles. The standard InChI is InChI=1S/C2H6N4O2.Mg.2H/c3-1(7)5-6-2(4)8;;;/h(H3,3,5,7)(H3,4,6,8);;;. The molecule has 0 aliphatic rings. The van der Waals surface area contributed by atoms with E-state index in [0.717, 1.165) is 0 Å². The van der Waals surface area contributed by atoms with Gasteiger partial charge in [0.25, 0.3) is 0 Å². The first kappa shape index (κ1) is 11.1. The number of nitrogens with two attached hydrogens (primary N) is 2. The number of hydrogen-bond acceptors (Lipinski definition) is 2. The van der Waals surface area contributed by atoms with Crippen molar-refractivity contribution in [3.05, 3.63) is 0 Å². The molecule has 6 N–H and O–H groups in total. The van der Waals surface area contributed by atoms with E-state index in [9.17, 15) is 9.59 Å². The Morgan fingerprint density at radius 1 is 1.00 bits per heavy atom. The number of carbonyl (C=O) groups is 2. The summed E-state index contributed by atoms with van der Waals surface area (Å²) in [7, 11) is 0. The van der Waals surface area contributed by atoms with E-state index in [2.05, 4.69) is 11.5 Å². The van der Waals surface area contributed by atoms with Gasteiger partial charge in [0.15, 0.2) is 0 Å². The molecule has 0 radical (unpaired) electrons. The Bertz CT molecular complexity index is 101. The zero-order chi connectivity index (χ0) is 6.57. The third kappa shape index (κ3) is 11.1. The van der Waals surface area contributed by atoms with Gasteiger partial charge in [-0.25, -0.2) is 20.4 Å². The molecule has 4 amide bonds. The molecule has 0 fully saturated rings. The number of nitrogens with one attached hydrogen (secondary N) is 2. The SMILES string of the molecule is NC(=O)NNC(N)=O.[MgH2]. The topological polar surface area (TPSA) is 110 Å². The van der Waals surface area contributed by atoms with Crippen molar-refractivity contribution in [2.75, 3.05) is 0 Å². The average Bonchev–Trinajstić information content (AvgIpc) is 1.61. The predicted molar refractivity (Wildman–Crippen MR) is 34.0 cm³/mol. The molecular formula is C2H8MgN4O2. The van der Waals surface area contributed by atoms with Gasteiger partial charge in [-0.05, 0) is 0 Å². The summed E-state index contributed by atoms with van der Waals surface area (Å²) in [6.45, 7) is 0. The highest BCUT2D eigenvalue weighted by Gasteiger charge is 1.89. The summed E-state index contributed by atoms with van der Waals surface area (Å²) in [5.74, 6) is 0. The van der Waals surface area contributed by atoms with Gasteiger partial charge in [-0.2, -0.15) is 0 Å². The van der Waals surface area contributed by atoms with Crippen LogP contribution >= 0.6 is 0 Å². The van der Waals surface area contributed by atoms with E-state index in [4.69, 9.17) is 0 Å². The molecule has 7 heteroatoms. The molecule has 0 aromatic carbocycles. The summed E-state index contributed by atoms with van der Waals surface area (Å²) in [5, 5.41) is 0. The normalized spacial score (nSPS) is 6.67.